The number of carbonyl (C=O) groups excluding carboxylic acids is 1. The summed E-state index contributed by atoms with van der Waals surface area (Å²) in [6, 6.07) is 13.9. The lowest BCUT2D eigenvalue weighted by Gasteiger charge is -2.29. The van der Waals surface area contributed by atoms with Crippen LogP contribution in [0.25, 0.3) is 10.9 Å². The van der Waals surface area contributed by atoms with E-state index in [-0.39, 0.29) is 4.90 Å². The van der Waals surface area contributed by atoms with Crippen LogP contribution in [0.1, 0.15) is 43.5 Å². The zero-order chi connectivity index (χ0) is 23.6. The minimum absolute atomic E-state index is 0.00124. The van der Waals surface area contributed by atoms with Gasteiger partial charge in [-0.1, -0.05) is 19.1 Å². The molecular weight excluding hydrogens is 440 g/mol. The van der Waals surface area contributed by atoms with Crippen LogP contribution in [0.2, 0.25) is 0 Å². The maximum Gasteiger partial charge on any atom is 0.270 e. The van der Waals surface area contributed by atoms with Gasteiger partial charge >= 0.3 is 0 Å². The summed E-state index contributed by atoms with van der Waals surface area (Å²) in [6.07, 6.45) is 1.75. The Labute approximate surface area is 194 Å². The quantitative estimate of drug-likeness (QED) is 0.563. The fourth-order valence-electron chi connectivity index (χ4n) is 4.27. The molecule has 1 fully saturated rings. The molecule has 2 heterocycles. The normalized spacial score (nSPS) is 18.4. The number of hydrogen-bond donors (Lipinski definition) is 1. The Balaban J connectivity index is 1.77. The summed E-state index contributed by atoms with van der Waals surface area (Å²) < 4.78 is 40.8. The number of pyridine rings is 1. The summed E-state index contributed by atoms with van der Waals surface area (Å²) in [5.41, 5.74) is 1.45. The molecule has 1 aromatic heterocycles. The molecular formula is C25H28N2O5S. The number of nitrogens with one attached hydrogen (secondary N) is 1. The van der Waals surface area contributed by atoms with Crippen molar-refractivity contribution in [1.29, 1.82) is 0 Å². The van der Waals surface area contributed by atoms with E-state index < -0.39 is 21.5 Å². The minimum Gasteiger partial charge on any atom is -0.493 e. The van der Waals surface area contributed by atoms with Crippen LogP contribution in [0.15, 0.2) is 53.4 Å². The highest BCUT2D eigenvalue weighted by atomic mass is 32.2. The molecule has 3 aromatic rings. The maximum absolute atomic E-state index is 13.6. The highest BCUT2D eigenvalue weighted by Crippen LogP contribution is 2.42. The van der Waals surface area contributed by atoms with Gasteiger partial charge in [0.05, 0.1) is 17.0 Å². The number of ether oxygens (including phenoxy) is 2. The molecule has 0 aliphatic carbocycles. The largest absolute Gasteiger partial charge is 0.493 e. The van der Waals surface area contributed by atoms with Gasteiger partial charge in [-0.05, 0) is 75.1 Å². The molecule has 2 aromatic carbocycles. The van der Waals surface area contributed by atoms with E-state index in [1.807, 2.05) is 39.0 Å². The van der Waals surface area contributed by atoms with E-state index in [4.69, 9.17) is 9.47 Å². The number of aromatic nitrogens is 1. The van der Waals surface area contributed by atoms with Gasteiger partial charge < -0.3 is 9.47 Å². The molecule has 0 saturated carbocycles. The number of carbonyl (C=O) groups is 1. The van der Waals surface area contributed by atoms with Gasteiger partial charge in [0.15, 0.2) is 5.60 Å². The van der Waals surface area contributed by atoms with E-state index in [1.54, 1.807) is 24.3 Å². The molecule has 33 heavy (non-hydrogen) atoms. The summed E-state index contributed by atoms with van der Waals surface area (Å²) >= 11 is 0. The molecule has 1 atom stereocenters. The average molecular weight is 469 g/mol. The van der Waals surface area contributed by atoms with Gasteiger partial charge in [-0.25, -0.2) is 13.1 Å². The van der Waals surface area contributed by atoms with E-state index in [2.05, 4.69) is 9.71 Å². The number of amides is 1. The summed E-state index contributed by atoms with van der Waals surface area (Å²) in [5, 5.41) is 0.452. The van der Waals surface area contributed by atoms with Crippen molar-refractivity contribution < 1.29 is 22.7 Å². The van der Waals surface area contributed by atoms with Gasteiger partial charge in [-0.15, -0.1) is 0 Å². The monoisotopic (exact) mass is 468 g/mol. The fourth-order valence-corrected chi connectivity index (χ4v) is 5.51. The Hall–Kier alpha value is -2.97. The smallest absolute Gasteiger partial charge is 0.270 e. The molecule has 0 radical (unpaired) electrons. The molecule has 7 nitrogen and oxygen atoms in total. The number of nitrogens with zero attached hydrogens (tertiary/aromatic N) is 1. The number of benzene rings is 2. The third-order valence-corrected chi connectivity index (χ3v) is 7.31. The lowest BCUT2D eigenvalue weighted by Crippen LogP contribution is -2.46. The molecule has 4 rings (SSSR count). The number of hydrogen-bond acceptors (Lipinski definition) is 6. The summed E-state index contributed by atoms with van der Waals surface area (Å²) in [5.74, 6) is -0.194. The summed E-state index contributed by atoms with van der Waals surface area (Å²) in [6.45, 7) is 6.48. The van der Waals surface area contributed by atoms with Crippen molar-refractivity contribution in [2.75, 3.05) is 13.2 Å². The van der Waals surface area contributed by atoms with Crippen molar-refractivity contribution in [2.45, 2.75) is 50.5 Å². The Kier molecular flexibility index (Phi) is 6.41. The molecule has 174 valence electrons. The number of rotatable bonds is 7. The molecule has 1 aliphatic rings. The number of sulfonamides is 1. The van der Waals surface area contributed by atoms with Gasteiger partial charge in [0, 0.05) is 23.3 Å². The van der Waals surface area contributed by atoms with Gasteiger partial charge in [0.2, 0.25) is 0 Å². The molecule has 0 spiro atoms. The van der Waals surface area contributed by atoms with Crippen molar-refractivity contribution in [3.05, 3.63) is 65.4 Å². The van der Waals surface area contributed by atoms with E-state index >= 15 is 0 Å². The van der Waals surface area contributed by atoms with Crippen LogP contribution in [0.5, 0.6) is 5.75 Å². The topological polar surface area (TPSA) is 94.6 Å². The molecule has 1 amide bonds. The minimum atomic E-state index is -4.18. The summed E-state index contributed by atoms with van der Waals surface area (Å²) in [7, 11) is -4.18. The SMILES string of the molecule is CCOc1ccc(CC)cc1[C@]1(C(=O)NS(=O)(=O)c2cccc3nc(C)ccc23)CCCO1. The zero-order valence-corrected chi connectivity index (χ0v) is 19.9. The van der Waals surface area contributed by atoms with Gasteiger partial charge in [0.1, 0.15) is 5.75 Å². The molecule has 1 saturated heterocycles. The van der Waals surface area contributed by atoms with Crippen molar-refractivity contribution in [3.63, 3.8) is 0 Å². The van der Waals surface area contributed by atoms with Crippen LogP contribution in [0.4, 0.5) is 0 Å². The first-order valence-electron chi connectivity index (χ1n) is 11.1. The first kappa shape index (κ1) is 23.2. The van der Waals surface area contributed by atoms with Gasteiger partial charge in [0.25, 0.3) is 15.9 Å². The third-order valence-electron chi connectivity index (χ3n) is 5.92. The van der Waals surface area contributed by atoms with E-state index in [0.29, 0.717) is 48.3 Å². The Morgan fingerprint density at radius 2 is 2.00 bits per heavy atom. The van der Waals surface area contributed by atoms with Crippen LogP contribution in [-0.2, 0) is 31.6 Å². The van der Waals surface area contributed by atoms with Crippen molar-refractivity contribution in [1.82, 2.24) is 9.71 Å². The predicted octanol–water partition coefficient (Wildman–Crippen LogP) is 4.02. The first-order chi connectivity index (χ1) is 15.8. The van der Waals surface area contributed by atoms with Crippen molar-refractivity contribution >= 4 is 26.8 Å². The van der Waals surface area contributed by atoms with E-state index in [9.17, 15) is 13.2 Å². The molecule has 0 bridgehead atoms. The number of aryl methyl sites for hydroxylation is 2. The van der Waals surface area contributed by atoms with Crippen LogP contribution in [0, 0.1) is 6.92 Å². The molecule has 1 N–H and O–H groups in total. The highest BCUT2D eigenvalue weighted by molar-refractivity contribution is 7.90. The standard InChI is InChI=1S/C25H28N2O5S/c1-4-18-11-13-22(31-5-2)20(16-18)25(14-7-15-32-25)24(28)27-33(29,30)23-9-6-8-21-19(23)12-10-17(3)26-21/h6,8-13,16H,4-5,7,14-15H2,1-3H3,(H,27,28)/t25-/m0/s1. The first-order valence-corrected chi connectivity index (χ1v) is 12.6. The van der Waals surface area contributed by atoms with E-state index in [1.165, 1.54) is 6.07 Å². The molecule has 1 aliphatic heterocycles. The van der Waals surface area contributed by atoms with Crippen molar-refractivity contribution in [2.24, 2.45) is 0 Å². The summed E-state index contributed by atoms with van der Waals surface area (Å²) in [4.78, 5) is 18.0. The van der Waals surface area contributed by atoms with Crippen LogP contribution >= 0.6 is 0 Å². The van der Waals surface area contributed by atoms with Crippen LogP contribution in [0.3, 0.4) is 0 Å². The second-order valence-corrected chi connectivity index (χ2v) is 9.76. The maximum atomic E-state index is 13.6. The second-order valence-electron chi connectivity index (χ2n) is 8.11. The Morgan fingerprint density at radius 3 is 2.70 bits per heavy atom. The zero-order valence-electron chi connectivity index (χ0n) is 19.1. The lowest BCUT2D eigenvalue weighted by molar-refractivity contribution is -0.140. The lowest BCUT2D eigenvalue weighted by atomic mass is 9.88. The Morgan fingerprint density at radius 1 is 1.18 bits per heavy atom. The Bertz CT molecular complexity index is 1300. The van der Waals surface area contributed by atoms with Crippen LogP contribution < -0.4 is 9.46 Å². The predicted molar refractivity (Wildman–Crippen MR) is 126 cm³/mol. The molecule has 0 unspecified atom stereocenters. The van der Waals surface area contributed by atoms with E-state index in [0.717, 1.165) is 17.7 Å². The van der Waals surface area contributed by atoms with Gasteiger partial charge in [-0.3, -0.25) is 9.78 Å². The average Bonchev–Trinajstić information content (AvgIpc) is 3.30. The fraction of sp³-hybridized carbons (Fsp3) is 0.360. The van der Waals surface area contributed by atoms with Crippen LogP contribution in [-0.4, -0.2) is 32.5 Å². The van der Waals surface area contributed by atoms with Gasteiger partial charge in [-0.2, -0.15) is 0 Å². The third kappa shape index (κ3) is 4.32. The molecule has 8 heteroatoms. The number of fused-ring (bicyclic) bond motifs is 1. The van der Waals surface area contributed by atoms with Crippen molar-refractivity contribution in [3.8, 4) is 5.75 Å². The highest BCUT2D eigenvalue weighted by Gasteiger charge is 2.48. The second kappa shape index (κ2) is 9.11.